The number of unbranched alkanes of at least 4 members (excludes halogenated alkanes) is 5. The maximum atomic E-state index is 10.9. The van der Waals surface area contributed by atoms with Crippen LogP contribution in [0.1, 0.15) is 70.6 Å². The van der Waals surface area contributed by atoms with E-state index in [0.29, 0.717) is 25.7 Å². The number of nitrogens with two attached hydrogens (primary N) is 1. The van der Waals surface area contributed by atoms with Gasteiger partial charge in [-0.3, -0.25) is 4.79 Å². The molecule has 0 saturated heterocycles. The molecule has 26 heavy (non-hydrogen) atoms. The average Bonchev–Trinajstić information content (AvgIpc) is 2.88. The van der Waals surface area contributed by atoms with Gasteiger partial charge in [0.2, 0.25) is 5.91 Å². The Labute approximate surface area is 158 Å². The van der Waals surface area contributed by atoms with Gasteiger partial charge in [-0.25, -0.2) is 0 Å². The van der Waals surface area contributed by atoms with Gasteiger partial charge in [0.05, 0.1) is 11.7 Å². The first-order valence-electron chi connectivity index (χ1n) is 9.99. The number of carbonyl (C=O) groups is 1. The maximum Gasteiger partial charge on any atom is 0.217 e. The molecule has 1 saturated carbocycles. The smallest absolute Gasteiger partial charge is 0.217 e. The summed E-state index contributed by atoms with van der Waals surface area (Å²) in [6, 6.07) is 0. The van der Waals surface area contributed by atoms with Gasteiger partial charge in [0, 0.05) is 26.1 Å². The standard InChI is InChI=1S/C21H37NO4/c1-26-17-11-7-3-2-4-8-12-18-19(23)14-16-21(18,25)15-10-6-5-9-13-20(22)24/h6,8,10,12,18-19,23,25H,2-5,7,9,11,13-17H2,1H3,(H2,22,24)/t18-,19+,21?/m1/s1. The fraction of sp³-hybridized carbons (Fsp3) is 0.762. The van der Waals surface area contributed by atoms with Crippen molar-refractivity contribution >= 4 is 5.91 Å². The molecule has 0 aromatic rings. The van der Waals surface area contributed by atoms with E-state index in [4.69, 9.17) is 10.5 Å². The highest BCUT2D eigenvalue weighted by molar-refractivity contribution is 5.73. The number of aliphatic hydroxyl groups excluding tert-OH is 1. The summed E-state index contributed by atoms with van der Waals surface area (Å²) < 4.78 is 5.04. The minimum Gasteiger partial charge on any atom is -0.392 e. The summed E-state index contributed by atoms with van der Waals surface area (Å²) in [6.07, 6.45) is 16.9. The summed E-state index contributed by atoms with van der Waals surface area (Å²) in [5.41, 5.74) is 4.25. The Morgan fingerprint density at radius 1 is 1.15 bits per heavy atom. The van der Waals surface area contributed by atoms with Crippen LogP contribution in [0.2, 0.25) is 0 Å². The summed E-state index contributed by atoms with van der Waals surface area (Å²) in [4.78, 5) is 10.7. The second-order valence-corrected chi connectivity index (χ2v) is 7.39. The summed E-state index contributed by atoms with van der Waals surface area (Å²) in [5.74, 6) is -0.480. The molecule has 150 valence electrons. The van der Waals surface area contributed by atoms with E-state index >= 15 is 0 Å². The number of ether oxygens (including phenoxy) is 1. The molecule has 0 radical (unpaired) electrons. The molecule has 0 spiro atoms. The van der Waals surface area contributed by atoms with Gasteiger partial charge < -0.3 is 20.7 Å². The predicted molar refractivity (Wildman–Crippen MR) is 105 cm³/mol. The van der Waals surface area contributed by atoms with Crippen molar-refractivity contribution in [2.75, 3.05) is 13.7 Å². The summed E-state index contributed by atoms with van der Waals surface area (Å²) in [7, 11) is 1.73. The first-order valence-corrected chi connectivity index (χ1v) is 9.99. The molecule has 1 aliphatic carbocycles. The van der Waals surface area contributed by atoms with Crippen LogP contribution in [0.15, 0.2) is 24.3 Å². The number of aliphatic hydroxyl groups is 2. The molecule has 1 amide bonds. The molecule has 1 unspecified atom stereocenters. The van der Waals surface area contributed by atoms with Gasteiger partial charge in [-0.15, -0.1) is 0 Å². The lowest BCUT2D eigenvalue weighted by atomic mass is 9.86. The van der Waals surface area contributed by atoms with Crippen molar-refractivity contribution in [1.82, 2.24) is 0 Å². The lowest BCUT2D eigenvalue weighted by Gasteiger charge is -2.28. The molecule has 0 aliphatic heterocycles. The number of methoxy groups -OCH3 is 1. The first kappa shape index (κ1) is 22.9. The minimum atomic E-state index is -0.866. The van der Waals surface area contributed by atoms with Crippen LogP contribution >= 0.6 is 0 Å². The van der Waals surface area contributed by atoms with E-state index in [1.807, 2.05) is 18.2 Å². The predicted octanol–water partition coefficient (Wildman–Crippen LogP) is 3.24. The van der Waals surface area contributed by atoms with E-state index in [1.54, 1.807) is 7.11 Å². The van der Waals surface area contributed by atoms with Crippen molar-refractivity contribution in [3.8, 4) is 0 Å². The second-order valence-electron chi connectivity index (χ2n) is 7.39. The molecule has 0 aromatic heterocycles. The van der Waals surface area contributed by atoms with E-state index in [-0.39, 0.29) is 11.8 Å². The molecule has 1 aliphatic rings. The van der Waals surface area contributed by atoms with Crippen LogP contribution in [0, 0.1) is 5.92 Å². The highest BCUT2D eigenvalue weighted by Gasteiger charge is 2.44. The zero-order valence-corrected chi connectivity index (χ0v) is 16.2. The number of amides is 1. The molecule has 1 fully saturated rings. The summed E-state index contributed by atoms with van der Waals surface area (Å²) >= 11 is 0. The number of hydrogen-bond donors (Lipinski definition) is 3. The monoisotopic (exact) mass is 367 g/mol. The zero-order chi connectivity index (χ0) is 19.3. The quantitative estimate of drug-likeness (QED) is 0.324. The molecule has 5 nitrogen and oxygen atoms in total. The van der Waals surface area contributed by atoms with Crippen LogP contribution < -0.4 is 5.73 Å². The number of hydrogen-bond acceptors (Lipinski definition) is 4. The van der Waals surface area contributed by atoms with E-state index in [2.05, 4.69) is 6.08 Å². The lowest BCUT2D eigenvalue weighted by molar-refractivity contribution is -0.118. The highest BCUT2D eigenvalue weighted by atomic mass is 16.5. The molecule has 5 heteroatoms. The SMILES string of the molecule is COCCCCCCC=C[C@@H]1[C@@H](O)CCC1(O)CC=CCCCC(N)=O. The zero-order valence-electron chi connectivity index (χ0n) is 16.2. The van der Waals surface area contributed by atoms with Crippen molar-refractivity contribution in [1.29, 1.82) is 0 Å². The van der Waals surface area contributed by atoms with Crippen molar-refractivity contribution in [3.63, 3.8) is 0 Å². The Kier molecular flexibility index (Phi) is 11.5. The van der Waals surface area contributed by atoms with E-state index in [9.17, 15) is 15.0 Å². The van der Waals surface area contributed by atoms with Crippen LogP contribution in [0.5, 0.6) is 0 Å². The fourth-order valence-corrected chi connectivity index (χ4v) is 3.55. The van der Waals surface area contributed by atoms with Gasteiger partial charge in [0.15, 0.2) is 0 Å². The van der Waals surface area contributed by atoms with E-state index in [0.717, 1.165) is 38.7 Å². The molecule has 3 atom stereocenters. The van der Waals surface area contributed by atoms with E-state index in [1.165, 1.54) is 12.8 Å². The Hall–Kier alpha value is -1.17. The van der Waals surface area contributed by atoms with Gasteiger partial charge in [-0.2, -0.15) is 0 Å². The average molecular weight is 368 g/mol. The highest BCUT2D eigenvalue weighted by Crippen LogP contribution is 2.39. The summed E-state index contributed by atoms with van der Waals surface area (Å²) in [5, 5.41) is 21.1. The van der Waals surface area contributed by atoms with Crippen LogP contribution in [-0.4, -0.2) is 41.5 Å². The molecule has 0 heterocycles. The van der Waals surface area contributed by atoms with Gasteiger partial charge in [-0.1, -0.05) is 37.1 Å². The molecule has 0 aromatic carbocycles. The van der Waals surface area contributed by atoms with Crippen LogP contribution in [0.4, 0.5) is 0 Å². The largest absolute Gasteiger partial charge is 0.392 e. The molecule has 4 N–H and O–H groups in total. The van der Waals surface area contributed by atoms with Gasteiger partial charge in [-0.05, 0) is 51.4 Å². The Morgan fingerprint density at radius 2 is 1.88 bits per heavy atom. The van der Waals surface area contributed by atoms with Crippen molar-refractivity contribution in [3.05, 3.63) is 24.3 Å². The van der Waals surface area contributed by atoms with Crippen LogP contribution in [0.25, 0.3) is 0 Å². The first-order chi connectivity index (χ1) is 12.5. The molecular weight excluding hydrogens is 330 g/mol. The Morgan fingerprint density at radius 3 is 2.62 bits per heavy atom. The Bertz CT molecular complexity index is 449. The van der Waals surface area contributed by atoms with Crippen molar-refractivity contribution in [2.24, 2.45) is 11.7 Å². The maximum absolute atomic E-state index is 10.9. The Balaban J connectivity index is 2.33. The minimum absolute atomic E-state index is 0.203. The van der Waals surface area contributed by atoms with Crippen molar-refractivity contribution in [2.45, 2.75) is 82.3 Å². The van der Waals surface area contributed by atoms with Gasteiger partial charge in [0.1, 0.15) is 0 Å². The number of rotatable bonds is 14. The second kappa shape index (κ2) is 13.1. The normalized spacial score (nSPS) is 26.3. The fourth-order valence-electron chi connectivity index (χ4n) is 3.55. The van der Waals surface area contributed by atoms with Crippen molar-refractivity contribution < 1.29 is 19.7 Å². The number of allylic oxidation sites excluding steroid dienone is 2. The lowest BCUT2D eigenvalue weighted by Crippen LogP contribution is -2.35. The van der Waals surface area contributed by atoms with Gasteiger partial charge >= 0.3 is 0 Å². The molecule has 0 bridgehead atoms. The molecule has 1 rings (SSSR count). The molecular formula is C21H37NO4. The third-order valence-corrected chi connectivity index (χ3v) is 5.15. The number of primary amides is 1. The topological polar surface area (TPSA) is 92.8 Å². The third kappa shape index (κ3) is 8.97. The number of carbonyl (C=O) groups excluding carboxylic acids is 1. The summed E-state index contributed by atoms with van der Waals surface area (Å²) in [6.45, 7) is 0.827. The van der Waals surface area contributed by atoms with Gasteiger partial charge in [0.25, 0.3) is 0 Å². The third-order valence-electron chi connectivity index (χ3n) is 5.15. The van der Waals surface area contributed by atoms with Crippen LogP contribution in [-0.2, 0) is 9.53 Å². The van der Waals surface area contributed by atoms with Crippen LogP contribution in [0.3, 0.4) is 0 Å². The van der Waals surface area contributed by atoms with E-state index < -0.39 is 11.7 Å².